The number of rotatable bonds is 28. The molecule has 0 spiro atoms. The van der Waals surface area contributed by atoms with Crippen LogP contribution < -0.4 is 0 Å². The van der Waals surface area contributed by atoms with Crippen molar-refractivity contribution in [3.8, 4) is 30.9 Å². The number of aromatic nitrogens is 1. The molecular formula is C56H75N3S6. The van der Waals surface area contributed by atoms with Gasteiger partial charge in [0.15, 0.2) is 0 Å². The summed E-state index contributed by atoms with van der Waals surface area (Å²) in [6.07, 6.45) is 23.7. The van der Waals surface area contributed by atoms with E-state index in [4.69, 9.17) is 9.98 Å². The monoisotopic (exact) mass is 981 g/mol. The molecule has 0 saturated heterocycles. The van der Waals surface area contributed by atoms with Gasteiger partial charge in [-0.1, -0.05) is 131 Å². The largest absolute Gasteiger partial charge is 0.339 e. The summed E-state index contributed by atoms with van der Waals surface area (Å²) in [5, 5.41) is 2.35. The quantitative estimate of drug-likeness (QED) is 0.0468. The maximum Gasteiger partial charge on any atom is 0.107 e. The molecule has 65 heavy (non-hydrogen) atoms. The molecule has 3 nitrogen and oxygen atoms in total. The first-order chi connectivity index (χ1) is 31.8. The summed E-state index contributed by atoms with van der Waals surface area (Å²) >= 11 is 11.6. The Morgan fingerprint density at radius 1 is 0.446 bits per heavy atom. The molecule has 0 aromatic carbocycles. The average molecular weight is 983 g/mol. The number of aryl methyl sites for hydroxylation is 2. The number of fused-ring (bicyclic) bond motifs is 1. The molecule has 2 atom stereocenters. The van der Waals surface area contributed by atoms with Gasteiger partial charge in [0, 0.05) is 48.7 Å². The maximum atomic E-state index is 5.65. The van der Waals surface area contributed by atoms with Crippen molar-refractivity contribution in [3.05, 3.63) is 91.3 Å². The number of thioether (sulfide) groups is 2. The second kappa shape index (κ2) is 25.8. The highest BCUT2D eigenvalue weighted by molar-refractivity contribution is 8.15. The summed E-state index contributed by atoms with van der Waals surface area (Å²) in [6, 6.07) is 23.3. The van der Waals surface area contributed by atoms with E-state index < -0.39 is 0 Å². The highest BCUT2D eigenvalue weighted by Crippen LogP contribution is 2.51. The van der Waals surface area contributed by atoms with Crippen molar-refractivity contribution in [1.82, 2.24) is 4.57 Å². The molecule has 0 saturated carbocycles. The number of thiophene rings is 4. The van der Waals surface area contributed by atoms with Gasteiger partial charge in [0.1, 0.15) is 10.1 Å². The Hall–Kier alpha value is -2.40. The fraction of sp³-hybridized carbons (Fsp3) is 0.536. The Morgan fingerprint density at radius 3 is 1.32 bits per heavy atom. The normalized spacial score (nSPS) is 14.8. The molecule has 5 aromatic rings. The first-order valence-electron chi connectivity index (χ1n) is 25.3. The molecule has 2 unspecified atom stereocenters. The lowest BCUT2D eigenvalue weighted by molar-refractivity contribution is 0.500. The second-order valence-electron chi connectivity index (χ2n) is 18.3. The van der Waals surface area contributed by atoms with Gasteiger partial charge in [-0.05, 0) is 106 Å². The molecule has 9 heteroatoms. The van der Waals surface area contributed by atoms with Crippen LogP contribution in [0.4, 0.5) is 0 Å². The number of hydrogen-bond acceptors (Lipinski definition) is 8. The predicted molar refractivity (Wildman–Crippen MR) is 300 cm³/mol. The molecule has 7 rings (SSSR count). The van der Waals surface area contributed by atoms with Crippen LogP contribution in [-0.2, 0) is 6.54 Å². The fourth-order valence-corrected chi connectivity index (χ4v) is 15.6. The van der Waals surface area contributed by atoms with Crippen LogP contribution in [0.5, 0.6) is 0 Å². The van der Waals surface area contributed by atoms with E-state index in [1.165, 1.54) is 187 Å². The third-order valence-electron chi connectivity index (χ3n) is 13.2. The van der Waals surface area contributed by atoms with Crippen molar-refractivity contribution in [2.24, 2.45) is 21.8 Å². The minimum atomic E-state index is 0.700. The average Bonchev–Trinajstić information content (AvgIpc) is 4.18. The zero-order valence-corrected chi connectivity index (χ0v) is 45.5. The van der Waals surface area contributed by atoms with E-state index in [0.29, 0.717) is 11.8 Å². The number of hydrogen-bond donors (Lipinski definition) is 0. The number of unbranched alkanes of at least 4 members (excludes halogenated alkanes) is 11. The summed E-state index contributed by atoms with van der Waals surface area (Å²) in [4.78, 5) is 21.8. The molecule has 0 amide bonds. The third kappa shape index (κ3) is 13.2. The molecule has 0 N–H and O–H groups in total. The summed E-state index contributed by atoms with van der Waals surface area (Å²) in [5.74, 6) is 3.61. The maximum absolute atomic E-state index is 5.65. The van der Waals surface area contributed by atoms with Crippen LogP contribution in [0, 0.1) is 25.7 Å². The lowest BCUT2D eigenvalue weighted by Gasteiger charge is -2.15. The molecule has 2 aliphatic heterocycles. The van der Waals surface area contributed by atoms with Gasteiger partial charge in [-0.3, -0.25) is 0 Å². The molecule has 0 aliphatic carbocycles. The summed E-state index contributed by atoms with van der Waals surface area (Å²) < 4.78 is 2.63. The van der Waals surface area contributed by atoms with Gasteiger partial charge in [0.05, 0.1) is 42.3 Å². The van der Waals surface area contributed by atoms with Crippen molar-refractivity contribution in [2.45, 2.75) is 171 Å². The van der Waals surface area contributed by atoms with E-state index in [-0.39, 0.29) is 0 Å². The van der Waals surface area contributed by atoms with Crippen LogP contribution in [0.1, 0.15) is 170 Å². The molecule has 5 aromatic heterocycles. The molecular weight excluding hydrogens is 907 g/mol. The van der Waals surface area contributed by atoms with Gasteiger partial charge in [-0.2, -0.15) is 0 Å². The van der Waals surface area contributed by atoms with E-state index in [2.05, 4.69) is 114 Å². The molecule has 350 valence electrons. The lowest BCUT2D eigenvalue weighted by atomic mass is 10.0. The summed E-state index contributed by atoms with van der Waals surface area (Å²) in [6.45, 7) is 17.2. The van der Waals surface area contributed by atoms with Gasteiger partial charge >= 0.3 is 0 Å². The minimum Gasteiger partial charge on any atom is -0.339 e. The Labute approximate surface area is 417 Å². The second-order valence-corrected chi connectivity index (χ2v) is 25.1. The van der Waals surface area contributed by atoms with Gasteiger partial charge in [0.2, 0.25) is 0 Å². The van der Waals surface area contributed by atoms with Crippen LogP contribution in [-0.4, -0.2) is 26.2 Å². The van der Waals surface area contributed by atoms with Crippen molar-refractivity contribution in [2.75, 3.05) is 11.5 Å². The predicted octanol–water partition coefficient (Wildman–Crippen LogP) is 20.1. The van der Waals surface area contributed by atoms with E-state index >= 15 is 0 Å². The standard InChI is InChI=1S/C56H75N3S6/c1-8-13-16-17-18-19-20-21-22-23-36-59-43(45-30-26-39(6)62-45)28-29-44(59)46-32-33-47(64-46)48-34-35-50(65-48)54-52-51(55(58-54)60-37-41(11-4)24-14-9-2)53(49-31-27-40(7)63-49)57-56(52)61-38-42(12-5)25-15-10-3/h26-35,41-42H,8-25,36-38H2,1-7H3. The Morgan fingerprint density at radius 2 is 0.846 bits per heavy atom. The highest BCUT2D eigenvalue weighted by Gasteiger charge is 2.38. The van der Waals surface area contributed by atoms with Crippen LogP contribution in [0.15, 0.2) is 81.8 Å². The SMILES string of the molecule is CCCCCCCCCCCCn1c(-c2ccc(C)s2)ccc1-c1ccc(-c2ccc(C3=C4C(SCC(CC)CCCC)=NC(c5ccc(C)s5)=C4C(SCC(CC)CCCC)=N3)s2)s1. The van der Waals surface area contributed by atoms with Gasteiger partial charge < -0.3 is 4.57 Å². The lowest BCUT2D eigenvalue weighted by Crippen LogP contribution is -2.08. The molecule has 0 fully saturated rings. The van der Waals surface area contributed by atoms with Crippen LogP contribution in [0.25, 0.3) is 42.3 Å². The molecule has 0 radical (unpaired) electrons. The van der Waals surface area contributed by atoms with Crippen molar-refractivity contribution < 1.29 is 0 Å². The van der Waals surface area contributed by atoms with Gasteiger partial charge in [0.25, 0.3) is 0 Å². The van der Waals surface area contributed by atoms with Crippen molar-refractivity contribution in [3.63, 3.8) is 0 Å². The van der Waals surface area contributed by atoms with Crippen LogP contribution >= 0.6 is 68.9 Å². The zero-order valence-electron chi connectivity index (χ0n) is 40.6. The summed E-state index contributed by atoms with van der Waals surface area (Å²) in [5.41, 5.74) is 7.56. The van der Waals surface area contributed by atoms with Gasteiger partial charge in [-0.25, -0.2) is 9.98 Å². The number of nitrogens with zero attached hydrogens (tertiary/aromatic N) is 3. The smallest absolute Gasteiger partial charge is 0.107 e. The third-order valence-corrected chi connectivity index (χ3v) is 20.0. The van der Waals surface area contributed by atoms with Crippen molar-refractivity contribution >= 4 is 90.4 Å². The fourth-order valence-electron chi connectivity index (χ4n) is 9.07. The van der Waals surface area contributed by atoms with E-state index in [1.54, 1.807) is 0 Å². The van der Waals surface area contributed by atoms with Gasteiger partial charge in [-0.15, -0.1) is 68.9 Å². The Balaban J connectivity index is 1.16. The first kappa shape index (κ1) is 50.5. The van der Waals surface area contributed by atoms with Crippen molar-refractivity contribution in [1.29, 1.82) is 0 Å². The summed E-state index contributed by atoms with van der Waals surface area (Å²) in [7, 11) is 0. The Kier molecular flexibility index (Phi) is 20.1. The van der Waals surface area contributed by atoms with Crippen LogP contribution in [0.3, 0.4) is 0 Å². The van der Waals surface area contributed by atoms with E-state index in [1.807, 2.05) is 68.9 Å². The Bertz CT molecular complexity index is 2370. The molecule has 0 bridgehead atoms. The zero-order chi connectivity index (χ0) is 45.5. The highest BCUT2D eigenvalue weighted by atomic mass is 32.2. The molecule has 2 aliphatic rings. The number of aliphatic imine (C=N–C) groups is 2. The molecule has 7 heterocycles. The topological polar surface area (TPSA) is 29.6 Å². The van der Waals surface area contributed by atoms with Crippen LogP contribution in [0.2, 0.25) is 0 Å². The minimum absolute atomic E-state index is 0.700. The van der Waals surface area contributed by atoms with E-state index in [9.17, 15) is 0 Å². The first-order valence-corrected chi connectivity index (χ1v) is 30.6. The van der Waals surface area contributed by atoms with E-state index in [0.717, 1.165) is 29.4 Å².